The van der Waals surface area contributed by atoms with E-state index in [1.54, 1.807) is 0 Å². The number of para-hydroxylation sites is 1. The Bertz CT molecular complexity index is 516. The molecule has 4 fully saturated rings. The molecule has 120 valence electrons. The van der Waals surface area contributed by atoms with E-state index in [1.165, 1.54) is 44.7 Å². The lowest BCUT2D eigenvalue weighted by Crippen LogP contribution is -2.63. The Hall–Kier alpha value is -1.02. The molecule has 4 atom stereocenters. The normalized spacial score (nSPS) is 37.7. The zero-order chi connectivity index (χ0) is 15.3. The molecule has 4 aliphatic rings. The Morgan fingerprint density at radius 1 is 0.955 bits per heavy atom. The first kappa shape index (κ1) is 14.6. The predicted molar refractivity (Wildman–Crippen MR) is 93.2 cm³/mol. The molecule has 1 saturated heterocycles. The van der Waals surface area contributed by atoms with E-state index in [1.807, 2.05) is 0 Å². The third kappa shape index (κ3) is 2.19. The molecule has 1 aromatic carbocycles. The van der Waals surface area contributed by atoms with Crippen LogP contribution in [-0.2, 0) is 0 Å². The highest BCUT2D eigenvalue weighted by Crippen LogP contribution is 2.62. The van der Waals surface area contributed by atoms with Crippen molar-refractivity contribution in [2.24, 2.45) is 23.2 Å². The van der Waals surface area contributed by atoms with Crippen LogP contribution < -0.4 is 4.90 Å². The molecule has 0 radical (unpaired) electrons. The maximum Gasteiger partial charge on any atom is 0.0367 e. The minimum atomic E-state index is 0.613. The molecular formula is C20H30N2. The maximum atomic E-state index is 2.80. The summed E-state index contributed by atoms with van der Waals surface area (Å²) in [4.78, 5) is 5.35. The standard InChI is InChI=1S/C20H30N2/c1-15-18-13-16(20(18,2)3)14-19(15)22-11-9-21(10-12-22)17-7-5-4-6-8-17/h4-8,15-16,18-19H,9-14H2,1-3H3/t15-,16+,18-,19-/m0/s1. The summed E-state index contributed by atoms with van der Waals surface area (Å²) in [6.07, 6.45) is 2.94. The van der Waals surface area contributed by atoms with Gasteiger partial charge < -0.3 is 4.90 Å². The number of anilines is 1. The van der Waals surface area contributed by atoms with E-state index < -0.39 is 0 Å². The van der Waals surface area contributed by atoms with E-state index in [4.69, 9.17) is 0 Å². The second kappa shape index (κ2) is 5.26. The first-order valence-corrected chi connectivity index (χ1v) is 9.11. The molecule has 2 heteroatoms. The van der Waals surface area contributed by atoms with Gasteiger partial charge in [0.15, 0.2) is 0 Å². The average molecular weight is 298 g/mol. The Labute approximate surface area is 135 Å². The van der Waals surface area contributed by atoms with Crippen LogP contribution in [0.15, 0.2) is 30.3 Å². The second-order valence-corrected chi connectivity index (χ2v) is 8.38. The van der Waals surface area contributed by atoms with Gasteiger partial charge in [-0.05, 0) is 48.1 Å². The first-order valence-electron chi connectivity index (χ1n) is 9.11. The van der Waals surface area contributed by atoms with Crippen molar-refractivity contribution in [1.29, 1.82) is 0 Å². The number of benzene rings is 1. The maximum absolute atomic E-state index is 2.80. The van der Waals surface area contributed by atoms with Crippen LogP contribution in [-0.4, -0.2) is 37.1 Å². The molecule has 0 amide bonds. The van der Waals surface area contributed by atoms with Crippen molar-refractivity contribution in [3.8, 4) is 0 Å². The number of nitrogens with zero attached hydrogens (tertiary/aromatic N) is 2. The van der Waals surface area contributed by atoms with Crippen molar-refractivity contribution in [1.82, 2.24) is 4.90 Å². The third-order valence-corrected chi connectivity index (χ3v) is 7.22. The highest BCUT2D eigenvalue weighted by atomic mass is 15.3. The highest BCUT2D eigenvalue weighted by molar-refractivity contribution is 5.46. The van der Waals surface area contributed by atoms with E-state index in [0.717, 1.165) is 23.8 Å². The Morgan fingerprint density at radius 2 is 1.64 bits per heavy atom. The number of fused-ring (bicyclic) bond motifs is 2. The summed E-state index contributed by atoms with van der Waals surface area (Å²) in [6, 6.07) is 11.8. The van der Waals surface area contributed by atoms with Crippen LogP contribution >= 0.6 is 0 Å². The molecule has 3 aliphatic carbocycles. The fraction of sp³-hybridized carbons (Fsp3) is 0.700. The van der Waals surface area contributed by atoms with Gasteiger partial charge in [0.1, 0.15) is 0 Å². The van der Waals surface area contributed by atoms with Crippen molar-refractivity contribution < 1.29 is 0 Å². The Kier molecular flexibility index (Phi) is 3.48. The molecule has 0 aromatic heterocycles. The van der Waals surface area contributed by atoms with Gasteiger partial charge in [-0.1, -0.05) is 39.0 Å². The van der Waals surface area contributed by atoms with Gasteiger partial charge in [0.2, 0.25) is 0 Å². The molecule has 1 aromatic rings. The molecule has 0 spiro atoms. The van der Waals surface area contributed by atoms with Crippen molar-refractivity contribution in [2.45, 2.75) is 39.7 Å². The van der Waals surface area contributed by atoms with Crippen molar-refractivity contribution in [2.75, 3.05) is 31.1 Å². The molecule has 0 unspecified atom stereocenters. The average Bonchev–Trinajstić information content (AvgIpc) is 2.55. The summed E-state index contributed by atoms with van der Waals surface area (Å²) in [5.74, 6) is 2.82. The minimum absolute atomic E-state index is 0.613. The van der Waals surface area contributed by atoms with Gasteiger partial charge in [-0.15, -0.1) is 0 Å². The minimum Gasteiger partial charge on any atom is -0.369 e. The van der Waals surface area contributed by atoms with E-state index >= 15 is 0 Å². The SMILES string of the molecule is C[C@@H]1[C@@H](N2CCN(c3ccccc3)CC2)C[C@H]2C[C@@H]1C2(C)C. The third-order valence-electron chi connectivity index (χ3n) is 7.22. The lowest BCUT2D eigenvalue weighted by Gasteiger charge is -2.64. The van der Waals surface area contributed by atoms with Gasteiger partial charge in [-0.3, -0.25) is 4.90 Å². The topological polar surface area (TPSA) is 6.48 Å². The van der Waals surface area contributed by atoms with Crippen LogP contribution in [0.4, 0.5) is 5.69 Å². The van der Waals surface area contributed by atoms with Gasteiger partial charge in [0.05, 0.1) is 0 Å². The largest absolute Gasteiger partial charge is 0.369 e. The first-order chi connectivity index (χ1) is 10.6. The van der Waals surface area contributed by atoms with E-state index in [2.05, 4.69) is 60.9 Å². The summed E-state index contributed by atoms with van der Waals surface area (Å²) in [6.45, 7) is 12.4. The number of hydrogen-bond acceptors (Lipinski definition) is 2. The van der Waals surface area contributed by atoms with Crippen molar-refractivity contribution in [3.63, 3.8) is 0 Å². The second-order valence-electron chi connectivity index (χ2n) is 8.38. The number of hydrogen-bond donors (Lipinski definition) is 0. The lowest BCUT2D eigenvalue weighted by molar-refractivity contribution is -0.139. The molecule has 2 nitrogen and oxygen atoms in total. The van der Waals surface area contributed by atoms with E-state index in [-0.39, 0.29) is 0 Å². The summed E-state index contributed by atoms with van der Waals surface area (Å²) in [5, 5.41) is 0. The molecule has 2 bridgehead atoms. The molecule has 22 heavy (non-hydrogen) atoms. The van der Waals surface area contributed by atoms with E-state index in [0.29, 0.717) is 5.41 Å². The van der Waals surface area contributed by atoms with Crippen LogP contribution in [0.3, 0.4) is 0 Å². The number of piperazine rings is 1. The molecule has 1 heterocycles. The van der Waals surface area contributed by atoms with Crippen LogP contribution in [0, 0.1) is 23.2 Å². The molecule has 1 aliphatic heterocycles. The van der Waals surface area contributed by atoms with Crippen LogP contribution in [0.25, 0.3) is 0 Å². The zero-order valence-corrected chi connectivity index (χ0v) is 14.3. The fourth-order valence-electron chi connectivity index (χ4n) is 5.55. The summed E-state index contributed by atoms with van der Waals surface area (Å²) < 4.78 is 0. The monoisotopic (exact) mass is 298 g/mol. The van der Waals surface area contributed by atoms with Gasteiger partial charge >= 0.3 is 0 Å². The highest BCUT2D eigenvalue weighted by Gasteiger charge is 2.57. The lowest BCUT2D eigenvalue weighted by atomic mass is 9.44. The Balaban J connectivity index is 1.39. The predicted octanol–water partition coefficient (Wildman–Crippen LogP) is 3.88. The smallest absolute Gasteiger partial charge is 0.0367 e. The molecular weight excluding hydrogens is 268 g/mol. The van der Waals surface area contributed by atoms with Gasteiger partial charge in [-0.2, -0.15) is 0 Å². The summed E-state index contributed by atoms with van der Waals surface area (Å²) in [5.41, 5.74) is 2.00. The van der Waals surface area contributed by atoms with Gasteiger partial charge in [-0.25, -0.2) is 0 Å². The summed E-state index contributed by atoms with van der Waals surface area (Å²) >= 11 is 0. The van der Waals surface area contributed by atoms with Crippen molar-refractivity contribution in [3.05, 3.63) is 30.3 Å². The quantitative estimate of drug-likeness (QED) is 0.817. The van der Waals surface area contributed by atoms with Crippen LogP contribution in [0.5, 0.6) is 0 Å². The van der Waals surface area contributed by atoms with Crippen molar-refractivity contribution >= 4 is 5.69 Å². The Morgan fingerprint density at radius 3 is 2.23 bits per heavy atom. The van der Waals surface area contributed by atoms with Gasteiger partial charge in [0.25, 0.3) is 0 Å². The fourth-order valence-corrected chi connectivity index (χ4v) is 5.55. The van der Waals surface area contributed by atoms with Gasteiger partial charge in [0, 0.05) is 37.9 Å². The number of rotatable bonds is 2. The molecule has 3 saturated carbocycles. The van der Waals surface area contributed by atoms with Crippen LogP contribution in [0.1, 0.15) is 33.6 Å². The molecule has 5 rings (SSSR count). The molecule has 0 N–H and O–H groups in total. The zero-order valence-electron chi connectivity index (χ0n) is 14.3. The van der Waals surface area contributed by atoms with Crippen LogP contribution in [0.2, 0.25) is 0 Å². The van der Waals surface area contributed by atoms with E-state index in [9.17, 15) is 0 Å². The summed E-state index contributed by atoms with van der Waals surface area (Å²) in [7, 11) is 0.